The number of hydrogen-bond donors (Lipinski definition) is 1. The lowest BCUT2D eigenvalue weighted by molar-refractivity contribution is 0.119. The predicted octanol–water partition coefficient (Wildman–Crippen LogP) is 4.57. The Hall–Kier alpha value is -0.730. The molecule has 0 aliphatic carbocycles. The van der Waals surface area contributed by atoms with Crippen LogP contribution < -0.4 is 5.32 Å². The zero-order valence-electron chi connectivity index (χ0n) is 14.9. The van der Waals surface area contributed by atoms with Crippen LogP contribution >= 0.6 is 0 Å². The fourth-order valence-electron chi connectivity index (χ4n) is 2.76. The maximum Gasteiger partial charge on any atom is 0.407 e. The van der Waals surface area contributed by atoms with Crippen LogP contribution in [-0.4, -0.2) is 19.2 Å². The van der Waals surface area contributed by atoms with E-state index in [1.807, 2.05) is 0 Å². The molecule has 0 radical (unpaired) electrons. The number of alkyl carbamates (subject to hydrolysis) is 1. The van der Waals surface area contributed by atoms with Crippen molar-refractivity contribution in [1.82, 2.24) is 5.32 Å². The molecule has 1 amide bonds. The fourth-order valence-corrected chi connectivity index (χ4v) is 2.76. The van der Waals surface area contributed by atoms with Crippen molar-refractivity contribution >= 4 is 6.09 Å². The Morgan fingerprint density at radius 3 is 1.55 bits per heavy atom. The second-order valence-corrected chi connectivity index (χ2v) is 7.09. The third-order valence-corrected chi connectivity index (χ3v) is 5.36. The summed E-state index contributed by atoms with van der Waals surface area (Å²) in [4.78, 5) is 11.6. The molecule has 0 aliphatic rings. The molecule has 3 heteroatoms. The predicted molar refractivity (Wildman–Crippen MR) is 85.7 cm³/mol. The summed E-state index contributed by atoms with van der Waals surface area (Å²) in [6.45, 7) is 18.0. The third-order valence-electron chi connectivity index (χ3n) is 5.36. The van der Waals surface area contributed by atoms with E-state index in [0.29, 0.717) is 35.5 Å². The van der Waals surface area contributed by atoms with Crippen LogP contribution in [0, 0.1) is 35.5 Å². The first-order chi connectivity index (χ1) is 9.13. The smallest absolute Gasteiger partial charge is 0.407 e. The lowest BCUT2D eigenvalue weighted by Crippen LogP contribution is -2.48. The van der Waals surface area contributed by atoms with Gasteiger partial charge in [0.2, 0.25) is 0 Å². The Morgan fingerprint density at radius 2 is 1.20 bits per heavy atom. The second-order valence-electron chi connectivity index (χ2n) is 7.09. The Labute approximate surface area is 125 Å². The van der Waals surface area contributed by atoms with E-state index in [0.717, 1.165) is 0 Å². The molecule has 0 fully saturated rings. The largest absolute Gasteiger partial charge is 0.453 e. The summed E-state index contributed by atoms with van der Waals surface area (Å²) < 4.78 is 4.80. The van der Waals surface area contributed by atoms with Crippen molar-refractivity contribution in [2.24, 2.45) is 35.5 Å². The lowest BCUT2D eigenvalue weighted by atomic mass is 9.72. The first-order valence-corrected chi connectivity index (χ1v) is 7.97. The van der Waals surface area contributed by atoms with Crippen molar-refractivity contribution in [3.8, 4) is 0 Å². The molecule has 0 bridgehead atoms. The first kappa shape index (κ1) is 19.3. The third kappa shape index (κ3) is 5.34. The summed E-state index contributed by atoms with van der Waals surface area (Å²) in [6, 6.07) is 0.152. The van der Waals surface area contributed by atoms with Crippen molar-refractivity contribution in [2.75, 3.05) is 7.11 Å². The maximum atomic E-state index is 11.6. The molecule has 0 saturated carbocycles. The number of carbonyl (C=O) groups excluding carboxylic acids is 1. The normalized spacial score (nSPS) is 19.4. The van der Waals surface area contributed by atoms with Gasteiger partial charge in [-0.3, -0.25) is 0 Å². The van der Waals surface area contributed by atoms with E-state index < -0.39 is 0 Å². The molecule has 3 nitrogen and oxygen atoms in total. The average molecular weight is 285 g/mol. The highest BCUT2D eigenvalue weighted by molar-refractivity contribution is 5.67. The van der Waals surface area contributed by atoms with Gasteiger partial charge in [0, 0.05) is 6.04 Å². The van der Waals surface area contributed by atoms with Gasteiger partial charge in [0.05, 0.1) is 7.11 Å². The highest BCUT2D eigenvalue weighted by atomic mass is 16.5. The van der Waals surface area contributed by atoms with E-state index in [-0.39, 0.29) is 12.1 Å². The number of ether oxygens (including phenoxy) is 1. The highest BCUT2D eigenvalue weighted by Gasteiger charge is 2.33. The summed E-state index contributed by atoms with van der Waals surface area (Å²) >= 11 is 0. The summed E-state index contributed by atoms with van der Waals surface area (Å²) in [5, 5.41) is 3.06. The molecular weight excluding hydrogens is 250 g/mol. The standard InChI is InChI=1S/C17H35NO2/c1-10(2)12(5)14(7)15(8)16(13(6)11(3)4)18-17(19)20-9/h10-16H,1-9H3,(H,18,19). The summed E-state index contributed by atoms with van der Waals surface area (Å²) in [7, 11) is 1.43. The maximum absolute atomic E-state index is 11.6. The van der Waals surface area contributed by atoms with Gasteiger partial charge in [-0.1, -0.05) is 55.4 Å². The molecule has 0 saturated heterocycles. The van der Waals surface area contributed by atoms with Crippen molar-refractivity contribution in [1.29, 1.82) is 0 Å². The van der Waals surface area contributed by atoms with Gasteiger partial charge in [-0.25, -0.2) is 4.79 Å². The highest BCUT2D eigenvalue weighted by Crippen LogP contribution is 2.32. The van der Waals surface area contributed by atoms with Crippen LogP contribution in [0.1, 0.15) is 55.4 Å². The number of methoxy groups -OCH3 is 1. The second kappa shape index (κ2) is 8.53. The molecule has 0 heterocycles. The Balaban J connectivity index is 5.05. The minimum atomic E-state index is -0.321. The average Bonchev–Trinajstić information content (AvgIpc) is 2.40. The van der Waals surface area contributed by atoms with Crippen LogP contribution in [0.3, 0.4) is 0 Å². The zero-order valence-corrected chi connectivity index (χ0v) is 14.9. The Bertz CT molecular complexity index is 289. The van der Waals surface area contributed by atoms with Crippen LogP contribution in [-0.2, 0) is 4.74 Å². The first-order valence-electron chi connectivity index (χ1n) is 7.97. The fraction of sp³-hybridized carbons (Fsp3) is 0.941. The molecule has 0 aliphatic heterocycles. The summed E-state index contributed by atoms with van der Waals surface area (Å²) in [5.74, 6) is 3.21. The number of amides is 1. The molecule has 120 valence electrons. The molecule has 0 rings (SSSR count). The van der Waals surface area contributed by atoms with E-state index in [9.17, 15) is 4.79 Å². The summed E-state index contributed by atoms with van der Waals surface area (Å²) in [6.07, 6.45) is -0.321. The number of rotatable bonds is 7. The minimum Gasteiger partial charge on any atom is -0.453 e. The van der Waals surface area contributed by atoms with Gasteiger partial charge >= 0.3 is 6.09 Å². The minimum absolute atomic E-state index is 0.152. The van der Waals surface area contributed by atoms with Crippen LogP contribution in [0.2, 0.25) is 0 Å². The topological polar surface area (TPSA) is 38.3 Å². The lowest BCUT2D eigenvalue weighted by Gasteiger charge is -2.38. The van der Waals surface area contributed by atoms with Gasteiger partial charge in [-0.15, -0.1) is 0 Å². The van der Waals surface area contributed by atoms with Crippen molar-refractivity contribution in [2.45, 2.75) is 61.4 Å². The van der Waals surface area contributed by atoms with Gasteiger partial charge in [0.15, 0.2) is 0 Å². The molecular formula is C17H35NO2. The van der Waals surface area contributed by atoms with E-state index in [2.05, 4.69) is 60.7 Å². The van der Waals surface area contributed by atoms with E-state index in [1.165, 1.54) is 7.11 Å². The molecule has 0 aromatic rings. The van der Waals surface area contributed by atoms with Crippen LogP contribution in [0.25, 0.3) is 0 Å². The van der Waals surface area contributed by atoms with Crippen LogP contribution in [0.15, 0.2) is 0 Å². The number of nitrogens with one attached hydrogen (secondary N) is 1. The van der Waals surface area contributed by atoms with Crippen LogP contribution in [0.4, 0.5) is 4.79 Å². The Kier molecular flexibility index (Phi) is 8.22. The molecule has 0 aromatic heterocycles. The number of hydrogen-bond acceptors (Lipinski definition) is 2. The zero-order chi connectivity index (χ0) is 16.0. The molecule has 1 N–H and O–H groups in total. The quantitative estimate of drug-likeness (QED) is 0.744. The van der Waals surface area contributed by atoms with E-state index in [4.69, 9.17) is 4.74 Å². The van der Waals surface area contributed by atoms with E-state index >= 15 is 0 Å². The monoisotopic (exact) mass is 285 g/mol. The van der Waals surface area contributed by atoms with E-state index in [1.54, 1.807) is 0 Å². The number of carbonyl (C=O) groups is 1. The van der Waals surface area contributed by atoms with Crippen molar-refractivity contribution in [3.63, 3.8) is 0 Å². The summed E-state index contributed by atoms with van der Waals surface area (Å²) in [5.41, 5.74) is 0. The molecule has 5 atom stereocenters. The van der Waals surface area contributed by atoms with Gasteiger partial charge in [0.1, 0.15) is 0 Å². The van der Waals surface area contributed by atoms with Gasteiger partial charge in [0.25, 0.3) is 0 Å². The van der Waals surface area contributed by atoms with Gasteiger partial charge in [-0.2, -0.15) is 0 Å². The molecule has 0 spiro atoms. The Morgan fingerprint density at radius 1 is 0.750 bits per heavy atom. The SMILES string of the molecule is COC(=O)NC(C(C)C(C)C)C(C)C(C)C(C)C(C)C. The van der Waals surface area contributed by atoms with Crippen molar-refractivity contribution < 1.29 is 9.53 Å². The van der Waals surface area contributed by atoms with Crippen LogP contribution in [0.5, 0.6) is 0 Å². The molecule has 5 unspecified atom stereocenters. The van der Waals surface area contributed by atoms with Gasteiger partial charge in [-0.05, 0) is 35.5 Å². The van der Waals surface area contributed by atoms with Crippen molar-refractivity contribution in [3.05, 3.63) is 0 Å². The molecule has 20 heavy (non-hydrogen) atoms. The van der Waals surface area contributed by atoms with Gasteiger partial charge < -0.3 is 10.1 Å². The molecule has 0 aromatic carbocycles.